The Bertz CT molecular complexity index is 428. The molecule has 1 atom stereocenters. The van der Waals surface area contributed by atoms with E-state index in [4.69, 9.17) is 33.7 Å². The van der Waals surface area contributed by atoms with Crippen LogP contribution in [0.4, 0.5) is 5.82 Å². The number of anilines is 1. The van der Waals surface area contributed by atoms with E-state index in [1.165, 1.54) is 6.07 Å². The molecule has 0 spiro atoms. The van der Waals surface area contributed by atoms with Crippen LogP contribution in [0.3, 0.4) is 0 Å². The van der Waals surface area contributed by atoms with Gasteiger partial charge in [0.05, 0.1) is 6.61 Å². The zero-order chi connectivity index (χ0) is 12.5. The molecule has 17 heavy (non-hydrogen) atoms. The zero-order valence-electron chi connectivity index (χ0n) is 8.74. The molecule has 1 aromatic heterocycles. The molecule has 8 heteroatoms. The van der Waals surface area contributed by atoms with Crippen molar-refractivity contribution in [1.82, 2.24) is 9.97 Å². The maximum atomic E-state index is 11.9. The van der Waals surface area contributed by atoms with Crippen molar-refractivity contribution >= 4 is 34.9 Å². The van der Waals surface area contributed by atoms with Gasteiger partial charge in [0.1, 0.15) is 16.5 Å². The Morgan fingerprint density at radius 2 is 2.29 bits per heavy atom. The molecule has 0 bridgehead atoms. The summed E-state index contributed by atoms with van der Waals surface area (Å²) in [4.78, 5) is 19.4. The van der Waals surface area contributed by atoms with Crippen LogP contribution in [0.25, 0.3) is 0 Å². The molecule has 1 aromatic rings. The number of carbonyl (C=O) groups excluding carboxylic acids is 1. The van der Waals surface area contributed by atoms with Crippen molar-refractivity contribution in [3.05, 3.63) is 16.5 Å². The van der Waals surface area contributed by atoms with Gasteiger partial charge < -0.3 is 15.8 Å². The summed E-state index contributed by atoms with van der Waals surface area (Å²) in [7, 11) is 0. The van der Waals surface area contributed by atoms with Crippen molar-refractivity contribution in [2.24, 2.45) is 5.73 Å². The van der Waals surface area contributed by atoms with Crippen LogP contribution in [0.5, 0.6) is 0 Å². The van der Waals surface area contributed by atoms with Gasteiger partial charge in [-0.3, -0.25) is 4.79 Å². The molecule has 1 unspecified atom stereocenters. The molecular formula is C9H10Cl2N4O2. The van der Waals surface area contributed by atoms with E-state index in [2.05, 4.69) is 15.3 Å². The molecule has 1 saturated heterocycles. The van der Waals surface area contributed by atoms with Gasteiger partial charge in [0.2, 0.25) is 11.2 Å². The SMILES string of the molecule is NC1(C(=O)Nc2cc(Cl)nc(Cl)n2)CCOC1. The van der Waals surface area contributed by atoms with Crippen molar-refractivity contribution in [2.45, 2.75) is 12.0 Å². The van der Waals surface area contributed by atoms with Crippen LogP contribution in [0.1, 0.15) is 6.42 Å². The lowest BCUT2D eigenvalue weighted by molar-refractivity contribution is -0.121. The summed E-state index contributed by atoms with van der Waals surface area (Å²) in [6, 6.07) is 1.39. The summed E-state index contributed by atoms with van der Waals surface area (Å²) < 4.78 is 5.10. The molecule has 0 aromatic carbocycles. The molecule has 6 nitrogen and oxygen atoms in total. The third kappa shape index (κ3) is 2.84. The van der Waals surface area contributed by atoms with Gasteiger partial charge in [0, 0.05) is 12.7 Å². The third-order valence-electron chi connectivity index (χ3n) is 2.41. The van der Waals surface area contributed by atoms with Crippen LogP contribution >= 0.6 is 23.2 Å². The Morgan fingerprint density at radius 3 is 2.88 bits per heavy atom. The first-order valence-electron chi connectivity index (χ1n) is 4.88. The molecular weight excluding hydrogens is 267 g/mol. The standard InChI is InChI=1S/C9H10Cl2N4O2/c10-5-3-6(15-8(11)13-5)14-7(16)9(12)1-2-17-4-9/h3H,1-2,4,12H2,(H,13,14,15,16). The number of carbonyl (C=O) groups is 1. The Balaban J connectivity index is 2.12. The van der Waals surface area contributed by atoms with Crippen molar-refractivity contribution < 1.29 is 9.53 Å². The van der Waals surface area contributed by atoms with Gasteiger partial charge in [-0.25, -0.2) is 9.97 Å². The van der Waals surface area contributed by atoms with Crippen LogP contribution in [0.15, 0.2) is 6.07 Å². The molecule has 0 radical (unpaired) electrons. The normalized spacial score (nSPS) is 23.7. The number of nitrogens with two attached hydrogens (primary N) is 1. The van der Waals surface area contributed by atoms with Crippen molar-refractivity contribution in [3.8, 4) is 0 Å². The molecule has 0 aliphatic carbocycles. The first kappa shape index (κ1) is 12.5. The van der Waals surface area contributed by atoms with Gasteiger partial charge in [-0.1, -0.05) is 11.6 Å². The second kappa shape index (κ2) is 4.73. The largest absolute Gasteiger partial charge is 0.379 e. The van der Waals surface area contributed by atoms with Gasteiger partial charge in [0.15, 0.2) is 0 Å². The summed E-state index contributed by atoms with van der Waals surface area (Å²) in [5, 5.41) is 2.65. The molecule has 1 aliphatic rings. The smallest absolute Gasteiger partial charge is 0.248 e. The quantitative estimate of drug-likeness (QED) is 0.617. The van der Waals surface area contributed by atoms with Crippen LogP contribution in [0, 0.1) is 0 Å². The van der Waals surface area contributed by atoms with Crippen molar-refractivity contribution in [3.63, 3.8) is 0 Å². The minimum atomic E-state index is -1.02. The maximum Gasteiger partial charge on any atom is 0.248 e. The number of amides is 1. The fraction of sp³-hybridized carbons (Fsp3) is 0.444. The van der Waals surface area contributed by atoms with Crippen LogP contribution < -0.4 is 11.1 Å². The Labute approximate surface area is 107 Å². The van der Waals surface area contributed by atoms with Gasteiger partial charge in [-0.2, -0.15) is 0 Å². The Hall–Kier alpha value is -0.950. The predicted molar refractivity (Wildman–Crippen MR) is 63.0 cm³/mol. The predicted octanol–water partition coefficient (Wildman–Crippen LogP) is 0.840. The van der Waals surface area contributed by atoms with Crippen molar-refractivity contribution in [2.75, 3.05) is 18.5 Å². The molecule has 1 aliphatic heterocycles. The average molecular weight is 277 g/mol. The first-order chi connectivity index (χ1) is 7.99. The fourth-order valence-corrected chi connectivity index (χ4v) is 1.86. The number of nitrogens with zero attached hydrogens (tertiary/aromatic N) is 2. The monoisotopic (exact) mass is 276 g/mol. The fourth-order valence-electron chi connectivity index (χ4n) is 1.45. The molecule has 3 N–H and O–H groups in total. The molecule has 1 amide bonds. The lowest BCUT2D eigenvalue weighted by Crippen LogP contribution is -2.51. The second-order valence-corrected chi connectivity index (χ2v) is 4.48. The summed E-state index contributed by atoms with van der Waals surface area (Å²) in [6.07, 6.45) is 0.464. The van der Waals surface area contributed by atoms with E-state index >= 15 is 0 Å². The molecule has 2 heterocycles. The number of ether oxygens (including phenoxy) is 1. The highest BCUT2D eigenvalue weighted by Gasteiger charge is 2.38. The van der Waals surface area contributed by atoms with Crippen LogP contribution in [-0.2, 0) is 9.53 Å². The number of aromatic nitrogens is 2. The van der Waals surface area contributed by atoms with Crippen LogP contribution in [0.2, 0.25) is 10.4 Å². The van der Waals surface area contributed by atoms with Crippen LogP contribution in [-0.4, -0.2) is 34.6 Å². The number of hydrogen-bond acceptors (Lipinski definition) is 5. The van der Waals surface area contributed by atoms with E-state index in [-0.39, 0.29) is 28.8 Å². The Morgan fingerprint density at radius 1 is 1.53 bits per heavy atom. The van der Waals surface area contributed by atoms with E-state index < -0.39 is 5.54 Å². The van der Waals surface area contributed by atoms with Crippen molar-refractivity contribution in [1.29, 1.82) is 0 Å². The van der Waals surface area contributed by atoms with Gasteiger partial charge in [-0.15, -0.1) is 0 Å². The first-order valence-corrected chi connectivity index (χ1v) is 5.63. The molecule has 0 saturated carbocycles. The van der Waals surface area contributed by atoms with E-state index in [1.807, 2.05) is 0 Å². The molecule has 2 rings (SSSR count). The summed E-state index contributed by atoms with van der Waals surface area (Å²) in [6.45, 7) is 0.653. The topological polar surface area (TPSA) is 90.1 Å². The highest BCUT2D eigenvalue weighted by Crippen LogP contribution is 2.19. The highest BCUT2D eigenvalue weighted by atomic mass is 35.5. The second-order valence-electron chi connectivity index (χ2n) is 3.76. The Kier molecular flexibility index (Phi) is 3.48. The van der Waals surface area contributed by atoms with E-state index in [9.17, 15) is 4.79 Å². The van der Waals surface area contributed by atoms with E-state index in [1.54, 1.807) is 0 Å². The minimum Gasteiger partial charge on any atom is -0.379 e. The zero-order valence-corrected chi connectivity index (χ0v) is 10.3. The number of rotatable bonds is 2. The molecule has 1 fully saturated rings. The minimum absolute atomic E-state index is 0.0402. The lowest BCUT2D eigenvalue weighted by Gasteiger charge is -2.20. The van der Waals surface area contributed by atoms with E-state index in [0.717, 1.165) is 0 Å². The summed E-state index contributed by atoms with van der Waals surface area (Å²) >= 11 is 11.3. The summed E-state index contributed by atoms with van der Waals surface area (Å²) in [5.41, 5.74) is 4.86. The highest BCUT2D eigenvalue weighted by molar-refractivity contribution is 6.32. The van der Waals surface area contributed by atoms with E-state index in [0.29, 0.717) is 13.0 Å². The molecule has 92 valence electrons. The number of hydrogen-bond donors (Lipinski definition) is 2. The average Bonchev–Trinajstić information content (AvgIpc) is 2.64. The summed E-state index contributed by atoms with van der Waals surface area (Å²) in [5.74, 6) is -0.155. The van der Waals surface area contributed by atoms with Gasteiger partial charge >= 0.3 is 0 Å². The van der Waals surface area contributed by atoms with Gasteiger partial charge in [0.25, 0.3) is 0 Å². The van der Waals surface area contributed by atoms with Gasteiger partial charge in [-0.05, 0) is 18.0 Å². The number of nitrogens with one attached hydrogen (secondary N) is 1. The lowest BCUT2D eigenvalue weighted by atomic mass is 9.99. The maximum absolute atomic E-state index is 11.9. The third-order valence-corrected chi connectivity index (χ3v) is 2.78. The number of halogens is 2.